The van der Waals surface area contributed by atoms with Crippen molar-refractivity contribution >= 4 is 27.5 Å². The number of nitrogens with zero attached hydrogens (tertiary/aromatic N) is 2. The summed E-state index contributed by atoms with van der Waals surface area (Å²) in [4.78, 5) is 32.4. The third-order valence-corrected chi connectivity index (χ3v) is 5.84. The van der Waals surface area contributed by atoms with E-state index >= 15 is 0 Å². The van der Waals surface area contributed by atoms with Gasteiger partial charge in [0.1, 0.15) is 10.7 Å². The van der Waals surface area contributed by atoms with Gasteiger partial charge in [0.25, 0.3) is 5.56 Å². The number of unbranched alkanes of at least 4 members (excludes halogenated alkanes) is 1. The average molecular weight is 362 g/mol. The normalized spacial score (nSPS) is 14.6. The molecule has 3 rings (SSSR count). The molecule has 0 unspecified atom stereocenters. The highest BCUT2D eigenvalue weighted by atomic mass is 32.1. The van der Waals surface area contributed by atoms with Crippen molar-refractivity contribution < 1.29 is 4.79 Å². The number of carbonyl (C=O) groups excluding carboxylic acids is 1. The van der Waals surface area contributed by atoms with Gasteiger partial charge in [0.15, 0.2) is 0 Å². The second-order valence-electron chi connectivity index (χ2n) is 7.86. The van der Waals surface area contributed by atoms with Crippen molar-refractivity contribution in [2.75, 3.05) is 5.43 Å². The lowest BCUT2D eigenvalue weighted by molar-refractivity contribution is -0.117. The quantitative estimate of drug-likeness (QED) is 0.898. The first-order valence-corrected chi connectivity index (χ1v) is 10.0. The molecular formula is C19H27N3O2S. The first-order chi connectivity index (χ1) is 11.8. The molecule has 0 fully saturated rings. The highest BCUT2D eigenvalue weighted by molar-refractivity contribution is 7.18. The monoisotopic (exact) mass is 361 g/mol. The van der Waals surface area contributed by atoms with Gasteiger partial charge < -0.3 is 0 Å². The number of nitrogens with one attached hydrogen (secondary N) is 1. The van der Waals surface area contributed by atoms with Crippen molar-refractivity contribution in [1.29, 1.82) is 0 Å². The Hall–Kier alpha value is -1.69. The van der Waals surface area contributed by atoms with E-state index in [0.29, 0.717) is 17.6 Å². The van der Waals surface area contributed by atoms with Crippen LogP contribution in [0.15, 0.2) is 4.79 Å². The fourth-order valence-electron chi connectivity index (χ4n) is 3.33. The number of hydrogen-bond acceptors (Lipinski definition) is 4. The van der Waals surface area contributed by atoms with E-state index in [0.717, 1.165) is 42.5 Å². The van der Waals surface area contributed by atoms with Crippen LogP contribution in [0.4, 0.5) is 0 Å². The van der Waals surface area contributed by atoms with E-state index in [4.69, 9.17) is 4.98 Å². The van der Waals surface area contributed by atoms with Gasteiger partial charge in [-0.3, -0.25) is 15.0 Å². The van der Waals surface area contributed by atoms with Crippen LogP contribution in [0.3, 0.4) is 0 Å². The number of aromatic nitrogens is 2. The predicted octanol–water partition coefficient (Wildman–Crippen LogP) is 3.89. The fourth-order valence-corrected chi connectivity index (χ4v) is 4.58. The zero-order valence-corrected chi connectivity index (χ0v) is 16.4. The lowest BCUT2D eigenvalue weighted by atomic mass is 9.94. The Balaban J connectivity index is 2.16. The molecule has 0 radical (unpaired) electrons. The molecule has 6 heteroatoms. The molecule has 5 nitrogen and oxygen atoms in total. The Kier molecular flexibility index (Phi) is 5.00. The summed E-state index contributed by atoms with van der Waals surface area (Å²) < 4.78 is 1.40. The number of rotatable bonds is 4. The molecule has 25 heavy (non-hydrogen) atoms. The highest BCUT2D eigenvalue weighted by Gasteiger charge is 2.27. The summed E-state index contributed by atoms with van der Waals surface area (Å²) in [6.07, 6.45) is 6.44. The van der Waals surface area contributed by atoms with Gasteiger partial charge in [-0.1, -0.05) is 34.1 Å². The standard InChI is InChI=1S/C19H27N3O2S/c1-5-6-11-14(23)21-22-17(24)15-12-9-7-8-10-13(12)25-16(15)20-18(22)19(2,3)4/h5-11H2,1-4H3,(H,21,23). The van der Waals surface area contributed by atoms with E-state index in [9.17, 15) is 9.59 Å². The topological polar surface area (TPSA) is 64.0 Å². The van der Waals surface area contributed by atoms with Gasteiger partial charge in [-0.15, -0.1) is 11.3 Å². The molecule has 0 atom stereocenters. The summed E-state index contributed by atoms with van der Waals surface area (Å²) in [6.45, 7) is 8.10. The number of fused-ring (bicyclic) bond motifs is 3. The Morgan fingerprint density at radius 2 is 2.00 bits per heavy atom. The van der Waals surface area contributed by atoms with Crippen LogP contribution in [-0.2, 0) is 23.1 Å². The van der Waals surface area contributed by atoms with Crippen LogP contribution in [-0.4, -0.2) is 15.6 Å². The minimum absolute atomic E-state index is 0.125. The maximum atomic E-state index is 13.3. The largest absolute Gasteiger partial charge is 0.281 e. The third-order valence-electron chi connectivity index (χ3n) is 4.65. The lowest BCUT2D eigenvalue weighted by Gasteiger charge is -2.23. The van der Waals surface area contributed by atoms with Gasteiger partial charge in [-0.2, -0.15) is 0 Å². The van der Waals surface area contributed by atoms with E-state index in [1.807, 2.05) is 27.7 Å². The Bertz CT molecular complexity index is 858. The van der Waals surface area contributed by atoms with Gasteiger partial charge in [0, 0.05) is 16.7 Å². The Morgan fingerprint density at radius 3 is 2.68 bits per heavy atom. The van der Waals surface area contributed by atoms with E-state index in [1.165, 1.54) is 16.0 Å². The SMILES string of the molecule is CCCCC(=O)Nn1c(C(C)(C)C)nc2sc3c(c2c1=O)CCCC3. The van der Waals surface area contributed by atoms with Crippen LogP contribution in [0.1, 0.15) is 76.1 Å². The summed E-state index contributed by atoms with van der Waals surface area (Å²) in [5, 5.41) is 0.712. The average Bonchev–Trinajstić information content (AvgIpc) is 2.93. The van der Waals surface area contributed by atoms with Crippen molar-refractivity contribution in [3.05, 3.63) is 26.6 Å². The molecule has 2 heterocycles. The smallest absolute Gasteiger partial charge is 0.273 e. The fraction of sp³-hybridized carbons (Fsp3) is 0.632. The molecule has 0 saturated heterocycles. The zero-order chi connectivity index (χ0) is 18.2. The number of carbonyl (C=O) groups is 1. The second-order valence-corrected chi connectivity index (χ2v) is 8.94. The van der Waals surface area contributed by atoms with Crippen LogP contribution in [0.5, 0.6) is 0 Å². The first kappa shape index (κ1) is 18.1. The van der Waals surface area contributed by atoms with Gasteiger partial charge in [0.2, 0.25) is 5.91 Å². The molecule has 1 aliphatic rings. The molecule has 0 aromatic carbocycles. The van der Waals surface area contributed by atoms with Crippen molar-refractivity contribution in [1.82, 2.24) is 9.66 Å². The molecule has 1 N–H and O–H groups in total. The van der Waals surface area contributed by atoms with Crippen molar-refractivity contribution in [2.45, 2.75) is 78.1 Å². The van der Waals surface area contributed by atoms with Crippen LogP contribution in [0.2, 0.25) is 0 Å². The summed E-state index contributed by atoms with van der Waals surface area (Å²) in [5.74, 6) is 0.494. The number of thiophene rings is 1. The zero-order valence-electron chi connectivity index (χ0n) is 15.6. The minimum atomic E-state index is -0.337. The van der Waals surface area contributed by atoms with E-state index in [-0.39, 0.29) is 16.9 Å². The van der Waals surface area contributed by atoms with Crippen molar-refractivity contribution in [3.63, 3.8) is 0 Å². The third kappa shape index (κ3) is 3.50. The summed E-state index contributed by atoms with van der Waals surface area (Å²) in [6, 6.07) is 0. The van der Waals surface area contributed by atoms with E-state index < -0.39 is 0 Å². The maximum Gasteiger partial charge on any atom is 0.281 e. The van der Waals surface area contributed by atoms with Gasteiger partial charge in [-0.05, 0) is 37.7 Å². The lowest BCUT2D eigenvalue weighted by Crippen LogP contribution is -2.39. The molecule has 0 aliphatic heterocycles. The van der Waals surface area contributed by atoms with Gasteiger partial charge in [-0.25, -0.2) is 9.66 Å². The van der Waals surface area contributed by atoms with E-state index in [2.05, 4.69) is 5.43 Å². The van der Waals surface area contributed by atoms with Crippen LogP contribution in [0, 0.1) is 0 Å². The number of amides is 1. The van der Waals surface area contributed by atoms with Crippen LogP contribution >= 0.6 is 11.3 Å². The predicted molar refractivity (Wildman–Crippen MR) is 103 cm³/mol. The van der Waals surface area contributed by atoms with Crippen molar-refractivity contribution in [2.24, 2.45) is 0 Å². The summed E-state index contributed by atoms with van der Waals surface area (Å²) in [5.41, 5.74) is 3.51. The second kappa shape index (κ2) is 6.90. The number of aryl methyl sites for hydroxylation is 2. The van der Waals surface area contributed by atoms with Crippen LogP contribution in [0.25, 0.3) is 10.2 Å². The Labute approximate surface area is 152 Å². The van der Waals surface area contributed by atoms with E-state index in [1.54, 1.807) is 11.3 Å². The molecule has 136 valence electrons. The van der Waals surface area contributed by atoms with Crippen LogP contribution < -0.4 is 11.0 Å². The molecule has 1 amide bonds. The highest BCUT2D eigenvalue weighted by Crippen LogP contribution is 2.34. The molecule has 1 aliphatic carbocycles. The molecule has 0 saturated carbocycles. The van der Waals surface area contributed by atoms with Gasteiger partial charge in [0.05, 0.1) is 5.39 Å². The molecule has 2 aromatic heterocycles. The summed E-state index contributed by atoms with van der Waals surface area (Å²) in [7, 11) is 0. The first-order valence-electron chi connectivity index (χ1n) is 9.20. The maximum absolute atomic E-state index is 13.3. The summed E-state index contributed by atoms with van der Waals surface area (Å²) >= 11 is 1.65. The molecular weight excluding hydrogens is 334 g/mol. The molecule has 0 bridgehead atoms. The Morgan fingerprint density at radius 1 is 1.28 bits per heavy atom. The minimum Gasteiger partial charge on any atom is -0.273 e. The molecule has 0 spiro atoms. The van der Waals surface area contributed by atoms with Crippen molar-refractivity contribution in [3.8, 4) is 0 Å². The number of hydrogen-bond donors (Lipinski definition) is 1. The molecule has 2 aromatic rings. The van der Waals surface area contributed by atoms with Gasteiger partial charge >= 0.3 is 0 Å².